The minimum atomic E-state index is -0.943. The highest BCUT2D eigenvalue weighted by Gasteiger charge is 2.33. The van der Waals surface area contributed by atoms with E-state index in [-0.39, 0.29) is 31.4 Å². The number of piperazine rings is 1. The lowest BCUT2D eigenvalue weighted by molar-refractivity contribution is -0.138. The van der Waals surface area contributed by atoms with Crippen LogP contribution in [0.15, 0.2) is 0 Å². The first-order valence-corrected chi connectivity index (χ1v) is 6.65. The van der Waals surface area contributed by atoms with Gasteiger partial charge in [-0.3, -0.25) is 9.59 Å². The molecule has 0 aliphatic carbocycles. The Morgan fingerprint density at radius 1 is 1.30 bits per heavy atom. The molecule has 0 saturated carbocycles. The van der Waals surface area contributed by atoms with E-state index in [4.69, 9.17) is 5.11 Å². The van der Waals surface area contributed by atoms with Gasteiger partial charge in [-0.05, 0) is 20.8 Å². The van der Waals surface area contributed by atoms with Gasteiger partial charge in [-0.1, -0.05) is 0 Å². The fourth-order valence-electron chi connectivity index (χ4n) is 2.02. The summed E-state index contributed by atoms with van der Waals surface area (Å²) < 4.78 is 0. The molecule has 0 atom stereocenters. The van der Waals surface area contributed by atoms with Crippen molar-refractivity contribution in [1.82, 2.24) is 14.7 Å². The molecule has 7 heteroatoms. The molecule has 0 radical (unpaired) electrons. The summed E-state index contributed by atoms with van der Waals surface area (Å²) in [5.74, 6) is -1.04. The van der Waals surface area contributed by atoms with Gasteiger partial charge >= 0.3 is 12.0 Å². The van der Waals surface area contributed by atoms with E-state index in [2.05, 4.69) is 0 Å². The monoisotopic (exact) mass is 285 g/mol. The van der Waals surface area contributed by atoms with Crippen LogP contribution < -0.4 is 0 Å². The van der Waals surface area contributed by atoms with Crippen LogP contribution in [-0.2, 0) is 9.59 Å². The third-order valence-corrected chi connectivity index (χ3v) is 3.32. The first-order chi connectivity index (χ1) is 9.12. The Balaban J connectivity index is 2.77. The van der Waals surface area contributed by atoms with Crippen LogP contribution in [0.5, 0.6) is 0 Å². The second-order valence-electron chi connectivity index (χ2n) is 5.99. The highest BCUT2D eigenvalue weighted by atomic mass is 16.4. The number of rotatable bonds is 3. The first-order valence-electron chi connectivity index (χ1n) is 6.65. The second-order valence-corrected chi connectivity index (χ2v) is 5.99. The molecule has 1 N–H and O–H groups in total. The van der Waals surface area contributed by atoms with Crippen LogP contribution >= 0.6 is 0 Å². The summed E-state index contributed by atoms with van der Waals surface area (Å²) in [4.78, 5) is 39.5. The largest absolute Gasteiger partial charge is 0.481 e. The fraction of sp³-hybridized carbons (Fsp3) is 0.769. The van der Waals surface area contributed by atoms with Gasteiger partial charge in [-0.25, -0.2) is 4.79 Å². The number of aliphatic carboxylic acids is 1. The zero-order valence-corrected chi connectivity index (χ0v) is 12.5. The van der Waals surface area contributed by atoms with Gasteiger partial charge in [0.2, 0.25) is 5.91 Å². The van der Waals surface area contributed by atoms with Crippen molar-refractivity contribution in [2.24, 2.45) is 0 Å². The molecule has 0 spiro atoms. The lowest BCUT2D eigenvalue weighted by Gasteiger charge is -2.41. The van der Waals surface area contributed by atoms with Gasteiger partial charge in [0.25, 0.3) is 0 Å². The van der Waals surface area contributed by atoms with Crippen molar-refractivity contribution >= 4 is 17.9 Å². The molecular weight excluding hydrogens is 262 g/mol. The maximum Gasteiger partial charge on any atom is 0.320 e. The second kappa shape index (κ2) is 6.11. The number of amides is 3. The number of carbonyl (C=O) groups is 3. The molecule has 0 bridgehead atoms. The van der Waals surface area contributed by atoms with Crippen LogP contribution in [0.3, 0.4) is 0 Å². The standard InChI is InChI=1S/C13H23N3O4/c1-13(2,3)16(6-5-11(18)19)12(20)15-8-7-14(4)10(17)9-15/h5-9H2,1-4H3,(H,18,19). The SMILES string of the molecule is CN1CCN(C(=O)N(CCC(=O)O)C(C)(C)C)CC1=O. The van der Waals surface area contributed by atoms with E-state index in [0.29, 0.717) is 13.1 Å². The summed E-state index contributed by atoms with van der Waals surface area (Å²) in [6.45, 7) is 6.72. The lowest BCUT2D eigenvalue weighted by Crippen LogP contribution is -2.58. The van der Waals surface area contributed by atoms with E-state index in [1.165, 1.54) is 9.80 Å². The number of hydrogen-bond acceptors (Lipinski definition) is 3. The number of likely N-dealkylation sites (N-methyl/N-ethyl adjacent to an activating group) is 1. The van der Waals surface area contributed by atoms with Gasteiger partial charge in [0.1, 0.15) is 6.54 Å². The summed E-state index contributed by atoms with van der Waals surface area (Å²) in [6.07, 6.45) is -0.106. The molecule has 1 saturated heterocycles. The molecule has 1 fully saturated rings. The topological polar surface area (TPSA) is 81.2 Å². The van der Waals surface area contributed by atoms with Gasteiger partial charge in [-0.2, -0.15) is 0 Å². The molecule has 1 aliphatic heterocycles. The summed E-state index contributed by atoms with van der Waals surface area (Å²) in [5, 5.41) is 8.78. The Morgan fingerprint density at radius 3 is 2.35 bits per heavy atom. The van der Waals surface area contributed by atoms with E-state index in [1.54, 1.807) is 11.9 Å². The van der Waals surface area contributed by atoms with Gasteiger partial charge in [0.05, 0.1) is 6.42 Å². The van der Waals surface area contributed by atoms with Crippen molar-refractivity contribution in [3.05, 3.63) is 0 Å². The highest BCUT2D eigenvalue weighted by Crippen LogP contribution is 2.17. The molecule has 7 nitrogen and oxygen atoms in total. The van der Waals surface area contributed by atoms with Gasteiger partial charge in [-0.15, -0.1) is 0 Å². The molecule has 1 aliphatic rings. The fourth-order valence-corrected chi connectivity index (χ4v) is 2.02. The van der Waals surface area contributed by atoms with Crippen LogP contribution in [0.1, 0.15) is 27.2 Å². The average Bonchev–Trinajstić information content (AvgIpc) is 2.30. The van der Waals surface area contributed by atoms with Crippen LogP contribution in [0, 0.1) is 0 Å². The molecule has 1 heterocycles. The van der Waals surface area contributed by atoms with Gasteiger partial charge < -0.3 is 19.8 Å². The normalized spacial score (nSPS) is 16.3. The van der Waals surface area contributed by atoms with E-state index in [9.17, 15) is 14.4 Å². The van der Waals surface area contributed by atoms with E-state index in [1.807, 2.05) is 20.8 Å². The number of carboxylic acid groups (broad SMARTS) is 1. The van der Waals surface area contributed by atoms with Crippen molar-refractivity contribution in [1.29, 1.82) is 0 Å². The predicted octanol–water partition coefficient (Wildman–Crippen LogP) is 0.456. The number of urea groups is 1. The summed E-state index contributed by atoms with van der Waals surface area (Å²) in [6, 6.07) is -0.278. The molecular formula is C13H23N3O4. The van der Waals surface area contributed by atoms with Crippen LogP contribution in [-0.4, -0.2) is 76.5 Å². The number of carbonyl (C=O) groups excluding carboxylic acids is 2. The Bertz CT molecular complexity index is 403. The Morgan fingerprint density at radius 2 is 1.90 bits per heavy atom. The third-order valence-electron chi connectivity index (χ3n) is 3.32. The van der Waals surface area contributed by atoms with Crippen molar-refractivity contribution in [2.45, 2.75) is 32.7 Å². The van der Waals surface area contributed by atoms with Gasteiger partial charge in [0, 0.05) is 32.2 Å². The first kappa shape index (κ1) is 16.3. The van der Waals surface area contributed by atoms with Crippen LogP contribution in [0.2, 0.25) is 0 Å². The molecule has 1 rings (SSSR count). The maximum absolute atomic E-state index is 12.5. The number of carboxylic acids is 1. The van der Waals surface area contributed by atoms with E-state index < -0.39 is 11.5 Å². The molecule has 0 aromatic rings. The summed E-state index contributed by atoms with van der Waals surface area (Å²) >= 11 is 0. The smallest absolute Gasteiger partial charge is 0.320 e. The minimum Gasteiger partial charge on any atom is -0.481 e. The van der Waals surface area contributed by atoms with Crippen molar-refractivity contribution in [3.63, 3.8) is 0 Å². The van der Waals surface area contributed by atoms with Crippen LogP contribution in [0.25, 0.3) is 0 Å². The zero-order chi connectivity index (χ0) is 15.5. The molecule has 0 aromatic heterocycles. The maximum atomic E-state index is 12.5. The molecule has 114 valence electrons. The van der Waals surface area contributed by atoms with Gasteiger partial charge in [0.15, 0.2) is 0 Å². The number of nitrogens with zero attached hydrogens (tertiary/aromatic N) is 3. The third kappa shape index (κ3) is 4.11. The molecule has 0 unspecified atom stereocenters. The molecule has 3 amide bonds. The van der Waals surface area contributed by atoms with E-state index in [0.717, 1.165) is 0 Å². The van der Waals surface area contributed by atoms with Crippen molar-refractivity contribution < 1.29 is 19.5 Å². The molecule has 0 aromatic carbocycles. The van der Waals surface area contributed by atoms with Crippen molar-refractivity contribution in [3.8, 4) is 0 Å². The summed E-state index contributed by atoms with van der Waals surface area (Å²) in [7, 11) is 1.70. The van der Waals surface area contributed by atoms with E-state index >= 15 is 0 Å². The average molecular weight is 285 g/mol. The summed E-state index contributed by atoms with van der Waals surface area (Å²) in [5.41, 5.74) is -0.487. The highest BCUT2D eigenvalue weighted by molar-refractivity contribution is 5.85. The quantitative estimate of drug-likeness (QED) is 0.816. The molecule has 20 heavy (non-hydrogen) atoms. The Kier molecular flexibility index (Phi) is 4.97. The Labute approximate surface area is 119 Å². The zero-order valence-electron chi connectivity index (χ0n) is 12.5. The lowest BCUT2D eigenvalue weighted by atomic mass is 10.1. The Hall–Kier alpha value is -1.79. The minimum absolute atomic E-state index is 0.0506. The van der Waals surface area contributed by atoms with Crippen LogP contribution in [0.4, 0.5) is 4.79 Å². The number of hydrogen-bond donors (Lipinski definition) is 1. The predicted molar refractivity (Wildman–Crippen MR) is 73.3 cm³/mol. The van der Waals surface area contributed by atoms with Crippen molar-refractivity contribution in [2.75, 3.05) is 33.2 Å².